The Morgan fingerprint density at radius 2 is 1.78 bits per heavy atom. The van der Waals surface area contributed by atoms with Crippen LogP contribution in [0.1, 0.15) is 39.0 Å². The van der Waals surface area contributed by atoms with Crippen LogP contribution in [-0.2, 0) is 10.2 Å². The molecular weight excluding hydrogens is 250 g/mol. The summed E-state index contributed by atoms with van der Waals surface area (Å²) in [5.41, 5.74) is 0. The molecule has 1 unspecified atom stereocenters. The summed E-state index contributed by atoms with van der Waals surface area (Å²) in [6, 6.07) is 0.376. The molecule has 106 valence electrons. The molecule has 0 amide bonds. The number of likely N-dealkylation sites (N-methyl/N-ethyl adjacent to an activating group) is 1. The van der Waals surface area contributed by atoms with Gasteiger partial charge in [-0.25, -0.2) is 4.72 Å². The third-order valence-electron chi connectivity index (χ3n) is 4.06. The topological polar surface area (TPSA) is 52.7 Å². The first-order valence-corrected chi connectivity index (χ1v) is 8.56. The number of hydrogen-bond donors (Lipinski definition) is 1. The first-order valence-electron chi connectivity index (χ1n) is 7.12. The number of likely N-dealkylation sites (tertiary alicyclic amines) is 1. The second-order valence-electron chi connectivity index (χ2n) is 5.24. The van der Waals surface area contributed by atoms with E-state index in [0.717, 1.165) is 32.4 Å². The summed E-state index contributed by atoms with van der Waals surface area (Å²) < 4.78 is 28.5. The Morgan fingerprint density at radius 1 is 1.11 bits per heavy atom. The molecular formula is C12H25N3O2S. The van der Waals surface area contributed by atoms with Gasteiger partial charge in [-0.15, -0.1) is 0 Å². The van der Waals surface area contributed by atoms with Crippen LogP contribution in [-0.4, -0.2) is 56.4 Å². The van der Waals surface area contributed by atoms with Crippen LogP contribution in [0.4, 0.5) is 0 Å². The van der Waals surface area contributed by atoms with Crippen LogP contribution < -0.4 is 4.72 Å². The van der Waals surface area contributed by atoms with Gasteiger partial charge >= 0.3 is 0 Å². The minimum atomic E-state index is -3.23. The number of piperidine rings is 1. The van der Waals surface area contributed by atoms with Crippen LogP contribution in [0.15, 0.2) is 0 Å². The lowest BCUT2D eigenvalue weighted by Gasteiger charge is -2.35. The van der Waals surface area contributed by atoms with Gasteiger partial charge in [0.1, 0.15) is 0 Å². The van der Waals surface area contributed by atoms with Crippen molar-refractivity contribution < 1.29 is 8.42 Å². The summed E-state index contributed by atoms with van der Waals surface area (Å²) >= 11 is 0. The van der Waals surface area contributed by atoms with Gasteiger partial charge in [-0.1, -0.05) is 13.3 Å². The Kier molecular flexibility index (Phi) is 5.00. The summed E-state index contributed by atoms with van der Waals surface area (Å²) in [4.78, 5) is 2.38. The van der Waals surface area contributed by atoms with Crippen molar-refractivity contribution in [3.05, 3.63) is 0 Å². The van der Waals surface area contributed by atoms with E-state index in [2.05, 4.69) is 16.5 Å². The van der Waals surface area contributed by atoms with Gasteiger partial charge in [-0.2, -0.15) is 12.7 Å². The molecule has 0 bridgehead atoms. The number of nitrogens with one attached hydrogen (secondary N) is 1. The smallest absolute Gasteiger partial charge is 0.279 e. The molecule has 0 saturated carbocycles. The van der Waals surface area contributed by atoms with Crippen molar-refractivity contribution in [1.82, 2.24) is 13.9 Å². The lowest BCUT2D eigenvalue weighted by atomic mass is 10.0. The van der Waals surface area contributed by atoms with E-state index in [1.807, 2.05) is 0 Å². The molecule has 5 nitrogen and oxygen atoms in total. The highest BCUT2D eigenvalue weighted by atomic mass is 32.2. The van der Waals surface area contributed by atoms with E-state index < -0.39 is 10.2 Å². The van der Waals surface area contributed by atoms with Gasteiger partial charge in [-0.05, 0) is 38.8 Å². The molecule has 6 heteroatoms. The molecule has 2 aliphatic heterocycles. The van der Waals surface area contributed by atoms with Crippen LogP contribution in [0, 0.1) is 0 Å². The highest BCUT2D eigenvalue weighted by Gasteiger charge is 2.27. The van der Waals surface area contributed by atoms with Gasteiger partial charge in [-0.3, -0.25) is 4.90 Å². The zero-order chi connectivity index (χ0) is 13.0. The van der Waals surface area contributed by atoms with Gasteiger partial charge in [0.25, 0.3) is 10.2 Å². The largest absolute Gasteiger partial charge is 0.299 e. The fraction of sp³-hybridized carbons (Fsp3) is 1.00. The number of nitrogens with zero attached hydrogens (tertiary/aromatic N) is 2. The predicted octanol–water partition coefficient (Wildman–Crippen LogP) is 0.791. The summed E-state index contributed by atoms with van der Waals surface area (Å²) in [6.07, 6.45) is 5.54. The minimum absolute atomic E-state index is 0.376. The molecule has 0 spiro atoms. The van der Waals surface area contributed by atoms with Gasteiger partial charge in [0.05, 0.1) is 0 Å². The maximum atomic E-state index is 12.1. The van der Waals surface area contributed by atoms with Crippen molar-refractivity contribution in [3.63, 3.8) is 0 Å². The Morgan fingerprint density at radius 3 is 2.44 bits per heavy atom. The molecule has 1 N–H and O–H groups in total. The van der Waals surface area contributed by atoms with Crippen molar-refractivity contribution in [3.8, 4) is 0 Å². The molecule has 1 atom stereocenters. The fourth-order valence-corrected chi connectivity index (χ4v) is 4.25. The Hall–Kier alpha value is -0.170. The normalized spacial score (nSPS) is 27.7. The van der Waals surface area contributed by atoms with E-state index in [-0.39, 0.29) is 0 Å². The Labute approximate surface area is 111 Å². The van der Waals surface area contributed by atoms with Crippen molar-refractivity contribution in [1.29, 1.82) is 0 Å². The molecule has 2 fully saturated rings. The molecule has 0 radical (unpaired) electrons. The average Bonchev–Trinajstić information content (AvgIpc) is 2.91. The maximum Gasteiger partial charge on any atom is 0.279 e. The summed E-state index contributed by atoms with van der Waals surface area (Å²) in [7, 11) is -3.23. The molecule has 18 heavy (non-hydrogen) atoms. The third kappa shape index (κ3) is 3.44. The number of hydrogen-bond acceptors (Lipinski definition) is 3. The highest BCUT2D eigenvalue weighted by Crippen LogP contribution is 2.17. The van der Waals surface area contributed by atoms with E-state index >= 15 is 0 Å². The molecule has 2 heterocycles. The lowest BCUT2D eigenvalue weighted by Crippen LogP contribution is -2.49. The summed E-state index contributed by atoms with van der Waals surface area (Å²) in [5, 5.41) is 0. The summed E-state index contributed by atoms with van der Waals surface area (Å²) in [6.45, 7) is 6.18. The minimum Gasteiger partial charge on any atom is -0.299 e. The van der Waals surface area contributed by atoms with E-state index in [1.54, 1.807) is 4.31 Å². The quantitative estimate of drug-likeness (QED) is 0.807. The van der Waals surface area contributed by atoms with Crippen LogP contribution in [0.5, 0.6) is 0 Å². The molecule has 2 saturated heterocycles. The molecule has 2 rings (SSSR count). The third-order valence-corrected chi connectivity index (χ3v) is 5.64. The van der Waals surface area contributed by atoms with Crippen LogP contribution in [0.25, 0.3) is 0 Å². The molecule has 0 aliphatic carbocycles. The second-order valence-corrected chi connectivity index (χ2v) is 6.99. The SMILES string of the molecule is CCN1CCCCC1CNS(=O)(=O)N1CCCC1. The Bertz CT molecular complexity index is 352. The first kappa shape index (κ1) is 14.2. The zero-order valence-electron chi connectivity index (χ0n) is 11.3. The van der Waals surface area contributed by atoms with Gasteiger partial charge in [0, 0.05) is 25.7 Å². The van der Waals surface area contributed by atoms with Crippen molar-refractivity contribution in [2.45, 2.75) is 45.1 Å². The standard InChI is InChI=1S/C12H25N3O2S/c1-2-14-8-4-3-7-12(14)11-13-18(16,17)15-9-5-6-10-15/h12-13H,2-11H2,1H3. The lowest BCUT2D eigenvalue weighted by molar-refractivity contribution is 0.158. The van der Waals surface area contributed by atoms with Gasteiger partial charge < -0.3 is 0 Å². The van der Waals surface area contributed by atoms with Crippen LogP contribution >= 0.6 is 0 Å². The highest BCUT2D eigenvalue weighted by molar-refractivity contribution is 7.87. The molecule has 0 aromatic carbocycles. The zero-order valence-corrected chi connectivity index (χ0v) is 12.1. The summed E-state index contributed by atoms with van der Waals surface area (Å²) in [5.74, 6) is 0. The van der Waals surface area contributed by atoms with E-state index in [4.69, 9.17) is 0 Å². The van der Waals surface area contributed by atoms with E-state index in [0.29, 0.717) is 25.7 Å². The second kappa shape index (κ2) is 6.32. The van der Waals surface area contributed by atoms with Crippen molar-refractivity contribution >= 4 is 10.2 Å². The molecule has 0 aromatic heterocycles. The van der Waals surface area contributed by atoms with Crippen molar-refractivity contribution in [2.75, 3.05) is 32.7 Å². The van der Waals surface area contributed by atoms with Crippen molar-refractivity contribution in [2.24, 2.45) is 0 Å². The molecule has 2 aliphatic rings. The first-order chi connectivity index (χ1) is 8.63. The fourth-order valence-electron chi connectivity index (χ4n) is 2.93. The van der Waals surface area contributed by atoms with Crippen LogP contribution in [0.3, 0.4) is 0 Å². The predicted molar refractivity (Wildman–Crippen MR) is 72.6 cm³/mol. The van der Waals surface area contributed by atoms with E-state index in [9.17, 15) is 8.42 Å². The Balaban J connectivity index is 1.85. The average molecular weight is 275 g/mol. The monoisotopic (exact) mass is 275 g/mol. The van der Waals surface area contributed by atoms with E-state index in [1.165, 1.54) is 12.8 Å². The van der Waals surface area contributed by atoms with Gasteiger partial charge in [0.2, 0.25) is 0 Å². The number of rotatable bonds is 5. The molecule has 0 aromatic rings. The van der Waals surface area contributed by atoms with Crippen LogP contribution in [0.2, 0.25) is 0 Å². The maximum absolute atomic E-state index is 12.1. The van der Waals surface area contributed by atoms with Gasteiger partial charge in [0.15, 0.2) is 0 Å².